The lowest BCUT2D eigenvalue weighted by molar-refractivity contribution is -0.141. The molecule has 2 aliphatic rings. The second-order valence-corrected chi connectivity index (χ2v) is 6.00. The Hall–Kier alpha value is -0.950. The van der Waals surface area contributed by atoms with Crippen LogP contribution in [0.1, 0.15) is 26.2 Å². The Morgan fingerprint density at radius 2 is 2.11 bits per heavy atom. The minimum atomic E-state index is -0.925. The SMILES string of the molecule is CCC1SCC(C(=O)O)N1C(=O)NC1CCOCC1. The van der Waals surface area contributed by atoms with Gasteiger partial charge in [-0.1, -0.05) is 6.92 Å². The second-order valence-electron chi connectivity index (χ2n) is 4.79. The van der Waals surface area contributed by atoms with Crippen LogP contribution in [0.25, 0.3) is 0 Å². The fraction of sp³-hybridized carbons (Fsp3) is 0.833. The van der Waals surface area contributed by atoms with Gasteiger partial charge in [0.1, 0.15) is 6.04 Å². The first kappa shape index (κ1) is 14.5. The predicted octanol–water partition coefficient (Wildman–Crippen LogP) is 1.11. The number of nitrogens with zero attached hydrogens (tertiary/aromatic N) is 1. The number of amides is 2. The summed E-state index contributed by atoms with van der Waals surface area (Å²) >= 11 is 1.54. The van der Waals surface area contributed by atoms with E-state index in [0.29, 0.717) is 19.0 Å². The number of rotatable bonds is 3. The summed E-state index contributed by atoms with van der Waals surface area (Å²) in [5.74, 6) is -0.458. The maximum Gasteiger partial charge on any atom is 0.327 e. The molecule has 0 aromatic rings. The fourth-order valence-electron chi connectivity index (χ4n) is 2.43. The summed E-state index contributed by atoms with van der Waals surface area (Å²) in [5, 5.41) is 12.1. The summed E-state index contributed by atoms with van der Waals surface area (Å²) in [6.07, 6.45) is 2.35. The van der Waals surface area contributed by atoms with Crippen molar-refractivity contribution in [3.05, 3.63) is 0 Å². The van der Waals surface area contributed by atoms with Gasteiger partial charge in [-0.05, 0) is 19.3 Å². The molecule has 2 unspecified atom stereocenters. The number of hydrogen-bond donors (Lipinski definition) is 2. The van der Waals surface area contributed by atoms with Gasteiger partial charge in [0.05, 0.1) is 5.37 Å². The molecule has 0 saturated carbocycles. The molecule has 0 aromatic heterocycles. The summed E-state index contributed by atoms with van der Waals surface area (Å²) in [6, 6.07) is -0.871. The lowest BCUT2D eigenvalue weighted by Crippen LogP contribution is -2.53. The van der Waals surface area contributed by atoms with Crippen LogP contribution in [0.15, 0.2) is 0 Å². The smallest absolute Gasteiger partial charge is 0.327 e. The molecule has 7 heteroatoms. The fourth-order valence-corrected chi connectivity index (χ4v) is 3.78. The molecule has 2 amide bonds. The average molecular weight is 288 g/mol. The Bertz CT molecular complexity index is 347. The van der Waals surface area contributed by atoms with Gasteiger partial charge in [0.2, 0.25) is 0 Å². The van der Waals surface area contributed by atoms with Crippen molar-refractivity contribution >= 4 is 23.8 Å². The molecule has 0 aliphatic carbocycles. The van der Waals surface area contributed by atoms with Crippen LogP contribution in [0, 0.1) is 0 Å². The van der Waals surface area contributed by atoms with E-state index in [9.17, 15) is 14.7 Å². The van der Waals surface area contributed by atoms with Crippen LogP contribution in [-0.2, 0) is 9.53 Å². The van der Waals surface area contributed by atoms with E-state index in [4.69, 9.17) is 4.74 Å². The Balaban J connectivity index is 1.99. The molecule has 0 radical (unpaired) electrons. The number of carboxylic acid groups (broad SMARTS) is 1. The highest BCUT2D eigenvalue weighted by molar-refractivity contribution is 8.00. The van der Waals surface area contributed by atoms with Crippen molar-refractivity contribution in [2.75, 3.05) is 19.0 Å². The van der Waals surface area contributed by atoms with E-state index in [1.807, 2.05) is 6.92 Å². The Kier molecular flexibility index (Phi) is 4.93. The van der Waals surface area contributed by atoms with E-state index >= 15 is 0 Å². The van der Waals surface area contributed by atoms with Crippen LogP contribution in [0.5, 0.6) is 0 Å². The molecule has 2 fully saturated rings. The maximum atomic E-state index is 12.3. The van der Waals surface area contributed by atoms with Crippen LogP contribution in [0.4, 0.5) is 4.79 Å². The summed E-state index contributed by atoms with van der Waals surface area (Å²) in [4.78, 5) is 25.0. The molecular formula is C12H20N2O4S. The zero-order chi connectivity index (χ0) is 13.8. The maximum absolute atomic E-state index is 12.3. The van der Waals surface area contributed by atoms with Crippen LogP contribution in [-0.4, -0.2) is 58.4 Å². The lowest BCUT2D eigenvalue weighted by atomic mass is 10.1. The molecule has 2 N–H and O–H groups in total. The van der Waals surface area contributed by atoms with E-state index in [-0.39, 0.29) is 17.4 Å². The quantitative estimate of drug-likeness (QED) is 0.813. The molecule has 0 aromatic carbocycles. The van der Waals surface area contributed by atoms with E-state index in [2.05, 4.69) is 5.32 Å². The second kappa shape index (κ2) is 6.47. The minimum Gasteiger partial charge on any atom is -0.480 e. The monoisotopic (exact) mass is 288 g/mol. The predicted molar refractivity (Wildman–Crippen MR) is 72.2 cm³/mol. The van der Waals surface area contributed by atoms with Crippen molar-refractivity contribution in [3.63, 3.8) is 0 Å². The Labute approximate surface area is 116 Å². The first-order chi connectivity index (χ1) is 9.13. The van der Waals surface area contributed by atoms with Gasteiger partial charge in [-0.2, -0.15) is 0 Å². The highest BCUT2D eigenvalue weighted by Crippen LogP contribution is 2.31. The first-order valence-corrected chi connectivity index (χ1v) is 7.69. The average Bonchev–Trinajstić information content (AvgIpc) is 2.83. The third kappa shape index (κ3) is 3.33. The number of nitrogens with one attached hydrogen (secondary N) is 1. The molecule has 108 valence electrons. The molecule has 2 atom stereocenters. The third-order valence-corrected chi connectivity index (χ3v) is 4.96. The van der Waals surface area contributed by atoms with Crippen molar-refractivity contribution in [1.29, 1.82) is 0 Å². The van der Waals surface area contributed by atoms with Gasteiger partial charge in [-0.15, -0.1) is 11.8 Å². The minimum absolute atomic E-state index is 0.0408. The van der Waals surface area contributed by atoms with Crippen LogP contribution in [0.3, 0.4) is 0 Å². The summed E-state index contributed by atoms with van der Waals surface area (Å²) in [5.41, 5.74) is 0. The van der Waals surface area contributed by atoms with Crippen molar-refractivity contribution < 1.29 is 19.4 Å². The summed E-state index contributed by atoms with van der Waals surface area (Å²) in [7, 11) is 0. The van der Waals surface area contributed by atoms with Crippen molar-refractivity contribution in [3.8, 4) is 0 Å². The van der Waals surface area contributed by atoms with Gasteiger partial charge in [0.25, 0.3) is 0 Å². The number of thioether (sulfide) groups is 1. The van der Waals surface area contributed by atoms with Gasteiger partial charge in [-0.25, -0.2) is 9.59 Å². The van der Waals surface area contributed by atoms with E-state index in [0.717, 1.165) is 19.3 Å². The molecule has 6 nitrogen and oxygen atoms in total. The Morgan fingerprint density at radius 3 is 2.68 bits per heavy atom. The molecule has 19 heavy (non-hydrogen) atoms. The number of carbonyl (C=O) groups excluding carboxylic acids is 1. The van der Waals surface area contributed by atoms with Gasteiger partial charge < -0.3 is 15.2 Å². The van der Waals surface area contributed by atoms with Crippen molar-refractivity contribution in [1.82, 2.24) is 10.2 Å². The molecular weight excluding hydrogens is 268 g/mol. The largest absolute Gasteiger partial charge is 0.480 e. The normalized spacial score (nSPS) is 28.4. The molecule has 2 aliphatic heterocycles. The number of urea groups is 1. The van der Waals surface area contributed by atoms with Crippen LogP contribution in [0.2, 0.25) is 0 Å². The van der Waals surface area contributed by atoms with E-state index in [1.165, 1.54) is 16.7 Å². The summed E-state index contributed by atoms with van der Waals surface area (Å²) < 4.78 is 5.25. The van der Waals surface area contributed by atoms with Gasteiger partial charge in [0, 0.05) is 25.0 Å². The third-order valence-electron chi connectivity index (χ3n) is 3.51. The summed E-state index contributed by atoms with van der Waals surface area (Å²) in [6.45, 7) is 3.27. The van der Waals surface area contributed by atoms with Crippen molar-refractivity contribution in [2.24, 2.45) is 0 Å². The Morgan fingerprint density at radius 1 is 1.42 bits per heavy atom. The number of hydrogen-bond acceptors (Lipinski definition) is 4. The zero-order valence-corrected chi connectivity index (χ0v) is 11.8. The lowest BCUT2D eigenvalue weighted by Gasteiger charge is -2.30. The topological polar surface area (TPSA) is 78.9 Å². The molecule has 2 saturated heterocycles. The van der Waals surface area contributed by atoms with Crippen LogP contribution >= 0.6 is 11.8 Å². The van der Waals surface area contributed by atoms with E-state index in [1.54, 1.807) is 0 Å². The molecule has 0 spiro atoms. The van der Waals surface area contributed by atoms with Crippen molar-refractivity contribution in [2.45, 2.75) is 43.6 Å². The highest BCUT2D eigenvalue weighted by Gasteiger charge is 2.41. The number of ether oxygens (including phenoxy) is 1. The first-order valence-electron chi connectivity index (χ1n) is 6.64. The van der Waals surface area contributed by atoms with Crippen LogP contribution < -0.4 is 5.32 Å². The zero-order valence-electron chi connectivity index (χ0n) is 11.0. The number of aliphatic carboxylic acids is 1. The molecule has 0 bridgehead atoms. The number of carboxylic acids is 1. The molecule has 2 rings (SSSR count). The standard InChI is InChI=1S/C12H20N2O4S/c1-2-10-14(9(7-19-10)11(15)16)12(17)13-8-3-5-18-6-4-8/h8-10H,2-7H2,1H3,(H,13,17)(H,15,16). The van der Waals surface area contributed by atoms with Gasteiger partial charge in [0.15, 0.2) is 0 Å². The van der Waals surface area contributed by atoms with Gasteiger partial charge in [-0.3, -0.25) is 4.90 Å². The molecule has 2 heterocycles. The highest BCUT2D eigenvalue weighted by atomic mass is 32.2. The van der Waals surface area contributed by atoms with Gasteiger partial charge >= 0.3 is 12.0 Å². The van der Waals surface area contributed by atoms with E-state index < -0.39 is 12.0 Å². The number of carbonyl (C=O) groups is 2.